The van der Waals surface area contributed by atoms with Crippen molar-refractivity contribution in [2.24, 2.45) is 11.7 Å². The zero-order chi connectivity index (χ0) is 12.8. The molecule has 1 rings (SSSR count). The number of nitrogens with two attached hydrogens (primary N) is 1. The third kappa shape index (κ3) is 4.70. The molecule has 0 saturated heterocycles. The Balaban J connectivity index is 2.49. The maximum absolute atomic E-state index is 8.95. The molecule has 96 valence electrons. The molecule has 0 aliphatic rings. The van der Waals surface area contributed by atoms with Gasteiger partial charge in [-0.25, -0.2) is 0 Å². The third-order valence-electron chi connectivity index (χ3n) is 2.84. The molecule has 0 bridgehead atoms. The molecule has 0 fully saturated rings. The molecule has 0 amide bonds. The van der Waals surface area contributed by atoms with Crippen LogP contribution >= 0.6 is 11.8 Å². The van der Waals surface area contributed by atoms with Crippen LogP contribution in [0.5, 0.6) is 0 Å². The molecule has 3 N–H and O–H groups in total. The number of hydrogen-bond donors (Lipinski definition) is 2. The van der Waals surface area contributed by atoms with E-state index in [0.717, 1.165) is 11.5 Å². The summed E-state index contributed by atoms with van der Waals surface area (Å²) in [4.78, 5) is 0. The predicted molar refractivity (Wildman–Crippen MR) is 76.4 cm³/mol. The van der Waals surface area contributed by atoms with Crippen molar-refractivity contribution in [3.8, 4) is 0 Å². The van der Waals surface area contributed by atoms with Crippen LogP contribution in [0.25, 0.3) is 0 Å². The van der Waals surface area contributed by atoms with Gasteiger partial charge in [0.1, 0.15) is 0 Å². The summed E-state index contributed by atoms with van der Waals surface area (Å²) >= 11 is 1.82. The number of aliphatic hydroxyl groups is 1. The van der Waals surface area contributed by atoms with E-state index in [2.05, 4.69) is 39.0 Å². The number of rotatable bonds is 6. The van der Waals surface area contributed by atoms with Gasteiger partial charge in [0, 0.05) is 18.4 Å². The van der Waals surface area contributed by atoms with Gasteiger partial charge in [0.2, 0.25) is 0 Å². The van der Waals surface area contributed by atoms with Gasteiger partial charge in [-0.3, -0.25) is 0 Å². The molecule has 0 aromatic heterocycles. The molecule has 2 atom stereocenters. The molecule has 3 heteroatoms. The van der Waals surface area contributed by atoms with E-state index in [1.807, 2.05) is 11.8 Å². The van der Waals surface area contributed by atoms with E-state index in [1.165, 1.54) is 16.7 Å². The van der Waals surface area contributed by atoms with E-state index in [-0.39, 0.29) is 12.6 Å². The Morgan fingerprint density at radius 1 is 1.29 bits per heavy atom. The van der Waals surface area contributed by atoms with Gasteiger partial charge in [-0.2, -0.15) is 11.8 Å². The maximum atomic E-state index is 8.95. The van der Waals surface area contributed by atoms with Gasteiger partial charge >= 0.3 is 0 Å². The molecular formula is C14H23NOS. The maximum Gasteiger partial charge on any atom is 0.0464 e. The monoisotopic (exact) mass is 253 g/mol. The normalized spacial score (nSPS) is 14.6. The summed E-state index contributed by atoms with van der Waals surface area (Å²) in [5.41, 5.74) is 9.98. The summed E-state index contributed by atoms with van der Waals surface area (Å²) in [5.74, 6) is 2.23. The topological polar surface area (TPSA) is 46.2 Å². The van der Waals surface area contributed by atoms with Crippen LogP contribution < -0.4 is 5.73 Å². The summed E-state index contributed by atoms with van der Waals surface area (Å²) in [7, 11) is 0. The van der Waals surface area contributed by atoms with Crippen molar-refractivity contribution in [2.45, 2.75) is 26.8 Å². The van der Waals surface area contributed by atoms with Crippen LogP contribution in [0.3, 0.4) is 0 Å². The fourth-order valence-corrected chi connectivity index (χ4v) is 2.86. The minimum atomic E-state index is 0.0893. The third-order valence-corrected chi connectivity index (χ3v) is 4.24. The lowest BCUT2D eigenvalue weighted by Crippen LogP contribution is -2.16. The first kappa shape index (κ1) is 14.6. The summed E-state index contributed by atoms with van der Waals surface area (Å²) in [6.45, 7) is 6.52. The Kier molecular flexibility index (Phi) is 6.03. The molecule has 1 aromatic rings. The van der Waals surface area contributed by atoms with E-state index in [4.69, 9.17) is 10.8 Å². The zero-order valence-corrected chi connectivity index (χ0v) is 11.8. The number of hydrogen-bond acceptors (Lipinski definition) is 3. The Hall–Kier alpha value is -0.510. The second kappa shape index (κ2) is 7.04. The number of aryl methyl sites for hydroxylation is 2. The lowest BCUT2D eigenvalue weighted by molar-refractivity contribution is 0.250. The van der Waals surface area contributed by atoms with Crippen molar-refractivity contribution >= 4 is 11.8 Å². The highest BCUT2D eigenvalue weighted by molar-refractivity contribution is 7.99. The molecule has 0 radical (unpaired) electrons. The molecule has 0 spiro atoms. The zero-order valence-electron chi connectivity index (χ0n) is 10.9. The van der Waals surface area contributed by atoms with Gasteiger partial charge in [0.25, 0.3) is 0 Å². The van der Waals surface area contributed by atoms with E-state index in [1.54, 1.807) is 0 Å². The Morgan fingerprint density at radius 3 is 2.59 bits per heavy atom. The second-order valence-corrected chi connectivity index (χ2v) is 5.87. The van der Waals surface area contributed by atoms with Crippen molar-refractivity contribution in [2.75, 3.05) is 18.1 Å². The van der Waals surface area contributed by atoms with Crippen LogP contribution in [0.4, 0.5) is 0 Å². The van der Waals surface area contributed by atoms with E-state index in [0.29, 0.717) is 5.92 Å². The highest BCUT2D eigenvalue weighted by atomic mass is 32.2. The van der Waals surface area contributed by atoms with Crippen LogP contribution in [-0.2, 0) is 0 Å². The second-order valence-electron chi connectivity index (χ2n) is 4.79. The van der Waals surface area contributed by atoms with Gasteiger partial charge in [-0.1, -0.05) is 30.7 Å². The predicted octanol–water partition coefficient (Wildman–Crippen LogP) is 2.66. The highest BCUT2D eigenvalue weighted by Crippen LogP contribution is 2.21. The van der Waals surface area contributed by atoms with Crippen LogP contribution in [0, 0.1) is 19.8 Å². The summed E-state index contributed by atoms with van der Waals surface area (Å²) in [5, 5.41) is 8.95. The quantitative estimate of drug-likeness (QED) is 0.819. The van der Waals surface area contributed by atoms with Gasteiger partial charge < -0.3 is 10.8 Å². The first-order valence-electron chi connectivity index (χ1n) is 6.06. The van der Waals surface area contributed by atoms with E-state index >= 15 is 0 Å². The van der Waals surface area contributed by atoms with Crippen LogP contribution in [-0.4, -0.2) is 23.2 Å². The lowest BCUT2D eigenvalue weighted by Gasteiger charge is -2.16. The average molecular weight is 253 g/mol. The standard InChI is InChI=1S/C14H23NOS/c1-10-4-5-13(12(3)6-10)14(15)9-17-8-11(2)7-16/h4-6,11,14,16H,7-9,15H2,1-3H3. The van der Waals surface area contributed by atoms with Gasteiger partial charge in [-0.05, 0) is 36.6 Å². The van der Waals surface area contributed by atoms with Crippen LogP contribution in [0.1, 0.15) is 29.7 Å². The van der Waals surface area contributed by atoms with Crippen molar-refractivity contribution in [3.05, 3.63) is 34.9 Å². The number of benzene rings is 1. The Labute approximate surface area is 109 Å². The van der Waals surface area contributed by atoms with Gasteiger partial charge in [-0.15, -0.1) is 0 Å². The molecule has 0 saturated carbocycles. The Bertz CT molecular complexity index is 354. The molecule has 0 heterocycles. The molecule has 1 aromatic carbocycles. The molecule has 17 heavy (non-hydrogen) atoms. The van der Waals surface area contributed by atoms with Crippen LogP contribution in [0.15, 0.2) is 18.2 Å². The molecular weight excluding hydrogens is 230 g/mol. The first-order valence-corrected chi connectivity index (χ1v) is 7.21. The van der Waals surface area contributed by atoms with Crippen molar-refractivity contribution < 1.29 is 5.11 Å². The largest absolute Gasteiger partial charge is 0.396 e. The van der Waals surface area contributed by atoms with Crippen molar-refractivity contribution in [1.29, 1.82) is 0 Å². The fourth-order valence-electron chi connectivity index (χ4n) is 1.78. The fraction of sp³-hybridized carbons (Fsp3) is 0.571. The Morgan fingerprint density at radius 2 is 2.00 bits per heavy atom. The smallest absolute Gasteiger partial charge is 0.0464 e. The van der Waals surface area contributed by atoms with E-state index in [9.17, 15) is 0 Å². The van der Waals surface area contributed by atoms with Gasteiger partial charge in [0.05, 0.1) is 0 Å². The summed E-state index contributed by atoms with van der Waals surface area (Å²) < 4.78 is 0. The van der Waals surface area contributed by atoms with E-state index < -0.39 is 0 Å². The summed E-state index contributed by atoms with van der Waals surface area (Å²) in [6, 6.07) is 6.51. The molecule has 2 nitrogen and oxygen atoms in total. The molecule has 0 aliphatic carbocycles. The summed E-state index contributed by atoms with van der Waals surface area (Å²) in [6.07, 6.45) is 0. The minimum absolute atomic E-state index is 0.0893. The average Bonchev–Trinajstić information content (AvgIpc) is 2.28. The SMILES string of the molecule is Cc1ccc(C(N)CSCC(C)CO)c(C)c1. The van der Waals surface area contributed by atoms with Crippen molar-refractivity contribution in [1.82, 2.24) is 0 Å². The van der Waals surface area contributed by atoms with Crippen molar-refractivity contribution in [3.63, 3.8) is 0 Å². The van der Waals surface area contributed by atoms with Gasteiger partial charge in [0.15, 0.2) is 0 Å². The first-order chi connectivity index (χ1) is 8.04. The van der Waals surface area contributed by atoms with Crippen LogP contribution in [0.2, 0.25) is 0 Å². The number of thioether (sulfide) groups is 1. The lowest BCUT2D eigenvalue weighted by atomic mass is 10.0. The number of aliphatic hydroxyl groups excluding tert-OH is 1. The minimum Gasteiger partial charge on any atom is -0.396 e. The highest BCUT2D eigenvalue weighted by Gasteiger charge is 2.10. The molecule has 0 aliphatic heterocycles. The molecule has 2 unspecified atom stereocenters.